The van der Waals surface area contributed by atoms with Crippen molar-refractivity contribution in [1.29, 1.82) is 0 Å². The number of nitrogens with zero attached hydrogens (tertiary/aromatic N) is 2. The highest BCUT2D eigenvalue weighted by Gasteiger charge is 2.33. The number of Topliss-reactive ketones (excluding diaryl/α,β-unsaturated/α-hetero) is 1. The first-order valence-electron chi connectivity index (χ1n) is 10.4. The highest BCUT2D eigenvalue weighted by molar-refractivity contribution is 7.91. The molecule has 0 unspecified atom stereocenters. The maximum atomic E-state index is 13.0. The van der Waals surface area contributed by atoms with E-state index >= 15 is 0 Å². The number of carbonyl (C=O) groups excluding carboxylic acids is 1. The van der Waals surface area contributed by atoms with E-state index in [1.807, 2.05) is 4.90 Å². The number of hydrogen-bond donors (Lipinski definition) is 0. The summed E-state index contributed by atoms with van der Waals surface area (Å²) in [5, 5.41) is 0. The summed E-state index contributed by atoms with van der Waals surface area (Å²) in [6.45, 7) is 5.15. The Morgan fingerprint density at radius 2 is 1.93 bits per heavy atom. The third kappa shape index (κ3) is 6.16. The monoisotopic (exact) mass is 440 g/mol. The zero-order valence-corrected chi connectivity index (χ0v) is 18.7. The molecule has 0 spiro atoms. The van der Waals surface area contributed by atoms with Gasteiger partial charge in [-0.25, -0.2) is 8.42 Å². The molecule has 168 valence electrons. The Kier molecular flexibility index (Phi) is 8.10. The summed E-state index contributed by atoms with van der Waals surface area (Å²) in [4.78, 5) is 17.4. The van der Waals surface area contributed by atoms with Gasteiger partial charge in [-0.15, -0.1) is 0 Å². The standard InChI is InChI=1S/C21H32N2O6S/c1-27-20-5-4-17(14-21(20)28-2)19(24)15-23(18-6-13-30(25,26)16-18)8-3-7-22-9-11-29-12-10-22/h4-5,14,18H,3,6-13,15-16H2,1-2H3/t18-/m1/s1. The normalized spacial score (nSPS) is 21.6. The molecule has 1 atom stereocenters. The Labute approximate surface area is 179 Å². The van der Waals surface area contributed by atoms with Crippen molar-refractivity contribution in [2.24, 2.45) is 0 Å². The van der Waals surface area contributed by atoms with Crippen molar-refractivity contribution >= 4 is 15.6 Å². The Bertz CT molecular complexity index is 823. The average Bonchev–Trinajstić information content (AvgIpc) is 3.12. The van der Waals surface area contributed by atoms with Crippen molar-refractivity contribution in [3.05, 3.63) is 23.8 Å². The molecular formula is C21H32N2O6S. The lowest BCUT2D eigenvalue weighted by atomic mass is 10.1. The zero-order valence-electron chi connectivity index (χ0n) is 17.8. The van der Waals surface area contributed by atoms with Crippen LogP contribution in [0.1, 0.15) is 23.2 Å². The van der Waals surface area contributed by atoms with Gasteiger partial charge in [-0.3, -0.25) is 14.6 Å². The van der Waals surface area contributed by atoms with E-state index in [1.54, 1.807) is 25.3 Å². The second kappa shape index (κ2) is 10.6. The van der Waals surface area contributed by atoms with Crippen molar-refractivity contribution in [2.75, 3.05) is 71.7 Å². The van der Waals surface area contributed by atoms with Gasteiger partial charge < -0.3 is 14.2 Å². The van der Waals surface area contributed by atoms with Crippen LogP contribution in [0.25, 0.3) is 0 Å². The number of ketones is 1. The molecule has 1 aromatic rings. The second-order valence-electron chi connectivity index (χ2n) is 7.83. The lowest BCUT2D eigenvalue weighted by Gasteiger charge is -2.30. The van der Waals surface area contributed by atoms with Crippen LogP contribution in [-0.4, -0.2) is 102 Å². The highest BCUT2D eigenvalue weighted by atomic mass is 32.2. The second-order valence-corrected chi connectivity index (χ2v) is 10.1. The van der Waals surface area contributed by atoms with Crippen LogP contribution < -0.4 is 9.47 Å². The van der Waals surface area contributed by atoms with Crippen LogP contribution in [0, 0.1) is 0 Å². The van der Waals surface area contributed by atoms with Gasteiger partial charge in [0, 0.05) is 31.2 Å². The summed E-state index contributed by atoms with van der Waals surface area (Å²) >= 11 is 0. The molecule has 0 aromatic heterocycles. The molecule has 9 heteroatoms. The van der Waals surface area contributed by atoms with E-state index in [0.717, 1.165) is 39.3 Å². The van der Waals surface area contributed by atoms with Gasteiger partial charge in [0.2, 0.25) is 0 Å². The van der Waals surface area contributed by atoms with Gasteiger partial charge in [0.05, 0.1) is 45.5 Å². The van der Waals surface area contributed by atoms with Gasteiger partial charge in [0.1, 0.15) is 0 Å². The molecule has 3 rings (SSSR count). The van der Waals surface area contributed by atoms with Crippen molar-refractivity contribution in [3.63, 3.8) is 0 Å². The molecule has 0 radical (unpaired) electrons. The zero-order chi connectivity index (χ0) is 21.6. The molecule has 2 saturated heterocycles. The molecule has 8 nitrogen and oxygen atoms in total. The van der Waals surface area contributed by atoms with Crippen LogP contribution in [0.3, 0.4) is 0 Å². The molecule has 0 aliphatic carbocycles. The van der Waals surface area contributed by atoms with Crippen molar-refractivity contribution in [2.45, 2.75) is 18.9 Å². The maximum absolute atomic E-state index is 13.0. The molecule has 2 heterocycles. The minimum absolute atomic E-state index is 0.0494. The van der Waals surface area contributed by atoms with Crippen molar-refractivity contribution < 1.29 is 27.4 Å². The average molecular weight is 441 g/mol. The van der Waals surface area contributed by atoms with Crippen LogP contribution in [0.2, 0.25) is 0 Å². The predicted molar refractivity (Wildman–Crippen MR) is 114 cm³/mol. The van der Waals surface area contributed by atoms with E-state index in [1.165, 1.54) is 7.11 Å². The van der Waals surface area contributed by atoms with E-state index in [-0.39, 0.29) is 29.9 Å². The summed E-state index contributed by atoms with van der Waals surface area (Å²) < 4.78 is 40.0. The first kappa shape index (κ1) is 23.0. The van der Waals surface area contributed by atoms with E-state index in [9.17, 15) is 13.2 Å². The minimum Gasteiger partial charge on any atom is -0.493 e. The lowest BCUT2D eigenvalue weighted by Crippen LogP contribution is -2.42. The Hall–Kier alpha value is -1.68. The third-order valence-electron chi connectivity index (χ3n) is 5.80. The number of methoxy groups -OCH3 is 2. The molecule has 2 aliphatic heterocycles. The number of sulfone groups is 1. The lowest BCUT2D eigenvalue weighted by molar-refractivity contribution is 0.0355. The fourth-order valence-electron chi connectivity index (χ4n) is 4.06. The molecule has 0 N–H and O–H groups in total. The molecule has 2 aliphatic rings. The minimum atomic E-state index is -3.02. The predicted octanol–water partition coefficient (Wildman–Crippen LogP) is 1.10. The summed E-state index contributed by atoms with van der Waals surface area (Å²) in [7, 11) is 0.0643. The SMILES string of the molecule is COc1ccc(C(=O)CN(CCCN2CCOCC2)[C@@H]2CCS(=O)(=O)C2)cc1OC. The van der Waals surface area contributed by atoms with Gasteiger partial charge >= 0.3 is 0 Å². The molecule has 30 heavy (non-hydrogen) atoms. The molecule has 0 saturated carbocycles. The Morgan fingerprint density at radius 3 is 2.57 bits per heavy atom. The largest absolute Gasteiger partial charge is 0.493 e. The summed E-state index contributed by atoms with van der Waals surface area (Å²) in [6.07, 6.45) is 1.47. The molecule has 0 bridgehead atoms. The van der Waals surface area contributed by atoms with E-state index in [0.29, 0.717) is 30.0 Å². The third-order valence-corrected chi connectivity index (χ3v) is 7.55. The van der Waals surface area contributed by atoms with E-state index in [2.05, 4.69) is 4.90 Å². The molecule has 2 fully saturated rings. The van der Waals surface area contributed by atoms with Crippen LogP contribution in [0.4, 0.5) is 0 Å². The fourth-order valence-corrected chi connectivity index (χ4v) is 5.82. The summed E-state index contributed by atoms with van der Waals surface area (Å²) in [6, 6.07) is 5.01. The Morgan fingerprint density at radius 1 is 1.20 bits per heavy atom. The smallest absolute Gasteiger partial charge is 0.176 e. The van der Waals surface area contributed by atoms with Crippen LogP contribution in [-0.2, 0) is 14.6 Å². The topological polar surface area (TPSA) is 85.4 Å². The Balaban J connectivity index is 1.65. The van der Waals surface area contributed by atoms with Gasteiger partial charge in [-0.05, 0) is 37.6 Å². The first-order valence-corrected chi connectivity index (χ1v) is 12.2. The van der Waals surface area contributed by atoms with Gasteiger partial charge in [-0.1, -0.05) is 0 Å². The number of hydrogen-bond acceptors (Lipinski definition) is 8. The molecule has 0 amide bonds. The van der Waals surface area contributed by atoms with Crippen molar-refractivity contribution in [1.82, 2.24) is 9.80 Å². The van der Waals surface area contributed by atoms with Gasteiger partial charge in [0.25, 0.3) is 0 Å². The number of carbonyl (C=O) groups is 1. The van der Waals surface area contributed by atoms with Crippen LogP contribution in [0.5, 0.6) is 11.5 Å². The first-order chi connectivity index (χ1) is 14.4. The van der Waals surface area contributed by atoms with Crippen LogP contribution >= 0.6 is 0 Å². The van der Waals surface area contributed by atoms with E-state index in [4.69, 9.17) is 14.2 Å². The summed E-state index contributed by atoms with van der Waals surface area (Å²) in [5.74, 6) is 1.35. The maximum Gasteiger partial charge on any atom is 0.176 e. The molecule has 1 aromatic carbocycles. The number of benzene rings is 1. The molecular weight excluding hydrogens is 408 g/mol. The number of morpholine rings is 1. The fraction of sp³-hybridized carbons (Fsp3) is 0.667. The van der Waals surface area contributed by atoms with Crippen molar-refractivity contribution in [3.8, 4) is 11.5 Å². The van der Waals surface area contributed by atoms with E-state index < -0.39 is 9.84 Å². The van der Waals surface area contributed by atoms with Crippen LogP contribution in [0.15, 0.2) is 18.2 Å². The number of ether oxygens (including phenoxy) is 3. The highest BCUT2D eigenvalue weighted by Crippen LogP contribution is 2.28. The van der Waals surface area contributed by atoms with Gasteiger partial charge in [0.15, 0.2) is 27.1 Å². The quantitative estimate of drug-likeness (QED) is 0.500. The summed E-state index contributed by atoms with van der Waals surface area (Å²) in [5.41, 5.74) is 0.534. The van der Waals surface area contributed by atoms with Gasteiger partial charge in [-0.2, -0.15) is 0 Å². The number of rotatable bonds is 10.